The Morgan fingerprint density at radius 3 is 2.38 bits per heavy atom. The van der Waals surface area contributed by atoms with Crippen LogP contribution in [0.25, 0.3) is 17.1 Å². The van der Waals surface area contributed by atoms with Gasteiger partial charge in [0.2, 0.25) is 0 Å². The molecule has 1 aliphatic rings. The van der Waals surface area contributed by atoms with E-state index < -0.39 is 5.97 Å². The first kappa shape index (κ1) is 15.2. The van der Waals surface area contributed by atoms with E-state index in [0.717, 1.165) is 43.5 Å². The quantitative estimate of drug-likeness (QED) is 0.852. The van der Waals surface area contributed by atoms with E-state index in [2.05, 4.69) is 4.98 Å². The van der Waals surface area contributed by atoms with Crippen LogP contribution in [0.1, 0.15) is 5.82 Å². The van der Waals surface area contributed by atoms with Crippen LogP contribution >= 0.6 is 0 Å². The largest absolute Gasteiger partial charge is 0.478 e. The molecule has 1 saturated heterocycles. The molecule has 1 aromatic heterocycles. The second-order valence-corrected chi connectivity index (χ2v) is 4.41. The number of hydrogen-bond donors (Lipinski definition) is 1. The molecule has 0 saturated carbocycles. The Balaban J connectivity index is 0.000000225. The monoisotopic (exact) mass is 290 g/mol. The second-order valence-electron chi connectivity index (χ2n) is 4.41. The van der Waals surface area contributed by atoms with Crippen molar-refractivity contribution in [3.05, 3.63) is 36.2 Å². The van der Waals surface area contributed by atoms with Crippen molar-refractivity contribution in [1.29, 1.82) is 0 Å². The molecule has 6 nitrogen and oxygen atoms in total. The lowest BCUT2D eigenvalue weighted by molar-refractivity contribution is -0.131. The van der Waals surface area contributed by atoms with Crippen LogP contribution in [0, 0.1) is 0 Å². The molecule has 0 spiro atoms. The number of carboxylic acid groups (broad SMARTS) is 1. The highest BCUT2D eigenvalue weighted by Crippen LogP contribution is 2.14. The average molecular weight is 290 g/mol. The van der Waals surface area contributed by atoms with Crippen LogP contribution < -0.4 is 0 Å². The fraction of sp³-hybridized carbons (Fsp3) is 0.333. The van der Waals surface area contributed by atoms with Gasteiger partial charge in [-0.2, -0.15) is 0 Å². The summed E-state index contributed by atoms with van der Waals surface area (Å²) in [5.74, 6) is -0.333. The summed E-state index contributed by atoms with van der Waals surface area (Å²) in [6, 6.07) is 7.67. The van der Waals surface area contributed by atoms with Gasteiger partial charge in [0.25, 0.3) is 0 Å². The normalized spacial score (nSPS) is 14.9. The summed E-state index contributed by atoms with van der Waals surface area (Å²) < 4.78 is 11.7. The van der Waals surface area contributed by atoms with Crippen LogP contribution in [0.5, 0.6) is 0 Å². The Morgan fingerprint density at radius 1 is 1.24 bits per heavy atom. The maximum atomic E-state index is 10.4. The molecule has 0 bridgehead atoms. The predicted molar refractivity (Wildman–Crippen MR) is 79.0 cm³/mol. The molecule has 0 unspecified atom stereocenters. The van der Waals surface area contributed by atoms with Crippen molar-refractivity contribution >= 4 is 23.1 Å². The van der Waals surface area contributed by atoms with E-state index in [1.54, 1.807) is 0 Å². The van der Waals surface area contributed by atoms with Gasteiger partial charge in [0.05, 0.1) is 37.5 Å². The van der Waals surface area contributed by atoms with Gasteiger partial charge < -0.3 is 19.1 Å². The SMILES string of the molecule is C1COCCO1.Cn1c(/C=C/C(=O)O)nc2ccccc21. The number of aliphatic carboxylic acids is 1. The Kier molecular flexibility index (Phi) is 5.48. The number of aryl methyl sites for hydroxylation is 1. The lowest BCUT2D eigenvalue weighted by atomic mass is 10.3. The lowest BCUT2D eigenvalue weighted by Gasteiger charge is -2.09. The van der Waals surface area contributed by atoms with Crippen molar-refractivity contribution in [2.24, 2.45) is 7.05 Å². The Bertz CT molecular complexity index is 618. The van der Waals surface area contributed by atoms with Crippen LogP contribution in [0.15, 0.2) is 30.3 Å². The number of fused-ring (bicyclic) bond motifs is 1. The zero-order valence-electron chi connectivity index (χ0n) is 11.9. The third kappa shape index (κ3) is 4.40. The van der Waals surface area contributed by atoms with Crippen LogP contribution in [-0.4, -0.2) is 47.1 Å². The van der Waals surface area contributed by atoms with E-state index in [4.69, 9.17) is 14.6 Å². The van der Waals surface area contributed by atoms with Crippen LogP contribution in [0.3, 0.4) is 0 Å². The van der Waals surface area contributed by atoms with Crippen molar-refractivity contribution in [1.82, 2.24) is 9.55 Å². The highest BCUT2D eigenvalue weighted by molar-refractivity contribution is 5.86. The van der Waals surface area contributed by atoms with Crippen molar-refractivity contribution in [2.45, 2.75) is 0 Å². The van der Waals surface area contributed by atoms with Gasteiger partial charge in [0.15, 0.2) is 0 Å². The zero-order valence-corrected chi connectivity index (χ0v) is 11.9. The fourth-order valence-electron chi connectivity index (χ4n) is 1.90. The lowest BCUT2D eigenvalue weighted by Crippen LogP contribution is -2.16. The van der Waals surface area contributed by atoms with E-state index in [0.29, 0.717) is 5.82 Å². The van der Waals surface area contributed by atoms with Gasteiger partial charge in [-0.25, -0.2) is 9.78 Å². The van der Waals surface area contributed by atoms with Gasteiger partial charge in [-0.1, -0.05) is 12.1 Å². The number of imidazole rings is 1. The van der Waals surface area contributed by atoms with E-state index in [9.17, 15) is 4.79 Å². The molecule has 0 atom stereocenters. The first-order valence-electron chi connectivity index (χ1n) is 6.66. The molecule has 0 radical (unpaired) electrons. The summed E-state index contributed by atoms with van der Waals surface area (Å²) in [7, 11) is 1.86. The Hall–Kier alpha value is -2.18. The van der Waals surface area contributed by atoms with Crippen LogP contribution in [0.4, 0.5) is 0 Å². The fourth-order valence-corrected chi connectivity index (χ4v) is 1.90. The molecule has 1 fully saturated rings. The summed E-state index contributed by atoms with van der Waals surface area (Å²) in [6.07, 6.45) is 2.57. The number of carbonyl (C=O) groups is 1. The van der Waals surface area contributed by atoms with E-state index in [-0.39, 0.29) is 0 Å². The summed E-state index contributed by atoms with van der Waals surface area (Å²) >= 11 is 0. The number of hydrogen-bond acceptors (Lipinski definition) is 4. The Labute approximate surface area is 122 Å². The highest BCUT2D eigenvalue weighted by Gasteiger charge is 2.03. The van der Waals surface area contributed by atoms with Crippen LogP contribution in [0.2, 0.25) is 0 Å². The number of carboxylic acids is 1. The first-order chi connectivity index (χ1) is 10.2. The number of rotatable bonds is 2. The molecule has 1 aliphatic heterocycles. The molecule has 2 heterocycles. The smallest absolute Gasteiger partial charge is 0.328 e. The summed E-state index contributed by atoms with van der Waals surface area (Å²) in [6.45, 7) is 3.11. The highest BCUT2D eigenvalue weighted by atomic mass is 16.6. The average Bonchev–Trinajstić information content (AvgIpc) is 2.84. The molecule has 1 N–H and O–H groups in total. The Morgan fingerprint density at radius 2 is 1.86 bits per heavy atom. The molecule has 0 aliphatic carbocycles. The predicted octanol–water partition coefficient (Wildman–Crippen LogP) is 1.70. The third-order valence-electron chi connectivity index (χ3n) is 2.94. The van der Waals surface area contributed by atoms with Gasteiger partial charge in [-0.3, -0.25) is 0 Å². The molecular formula is C15H18N2O4. The van der Waals surface area contributed by atoms with E-state index in [1.165, 1.54) is 6.08 Å². The number of benzene rings is 1. The maximum absolute atomic E-state index is 10.4. The van der Waals surface area contributed by atoms with Crippen LogP contribution in [-0.2, 0) is 21.3 Å². The van der Waals surface area contributed by atoms with Crippen molar-refractivity contribution in [3.63, 3.8) is 0 Å². The molecule has 2 aromatic rings. The van der Waals surface area contributed by atoms with Crippen molar-refractivity contribution < 1.29 is 19.4 Å². The number of para-hydroxylation sites is 2. The topological polar surface area (TPSA) is 73.6 Å². The summed E-state index contributed by atoms with van der Waals surface area (Å²) in [5, 5.41) is 8.52. The zero-order chi connectivity index (χ0) is 15.1. The van der Waals surface area contributed by atoms with Gasteiger partial charge >= 0.3 is 5.97 Å². The van der Waals surface area contributed by atoms with Gasteiger partial charge in [0.1, 0.15) is 5.82 Å². The minimum absolute atomic E-state index is 0.638. The molecule has 6 heteroatoms. The molecule has 21 heavy (non-hydrogen) atoms. The molecule has 3 rings (SSSR count). The van der Waals surface area contributed by atoms with E-state index >= 15 is 0 Å². The minimum atomic E-state index is -0.970. The molecule has 0 amide bonds. The number of nitrogens with zero attached hydrogens (tertiary/aromatic N) is 2. The molecule has 112 valence electrons. The number of aromatic nitrogens is 2. The minimum Gasteiger partial charge on any atom is -0.478 e. The molecule has 1 aromatic carbocycles. The van der Waals surface area contributed by atoms with Gasteiger partial charge in [0, 0.05) is 13.1 Å². The van der Waals surface area contributed by atoms with Crippen molar-refractivity contribution in [3.8, 4) is 0 Å². The number of ether oxygens (including phenoxy) is 2. The van der Waals surface area contributed by atoms with E-state index in [1.807, 2.05) is 35.9 Å². The third-order valence-corrected chi connectivity index (χ3v) is 2.94. The second kappa shape index (κ2) is 7.56. The van der Waals surface area contributed by atoms with Gasteiger partial charge in [-0.05, 0) is 18.2 Å². The first-order valence-corrected chi connectivity index (χ1v) is 6.66. The van der Waals surface area contributed by atoms with Gasteiger partial charge in [-0.15, -0.1) is 0 Å². The van der Waals surface area contributed by atoms with Crippen molar-refractivity contribution in [2.75, 3.05) is 26.4 Å². The summed E-state index contributed by atoms with van der Waals surface area (Å²) in [5.41, 5.74) is 1.85. The summed E-state index contributed by atoms with van der Waals surface area (Å²) in [4.78, 5) is 14.7. The maximum Gasteiger partial charge on any atom is 0.328 e. The standard InChI is InChI=1S/C11H10N2O2.C4H8O2/c1-13-9-5-3-2-4-8(9)12-10(13)6-7-11(14)15;1-2-6-4-3-5-1/h2-7H,1H3,(H,14,15);1-4H2/b7-6+;. The molecular weight excluding hydrogens is 272 g/mol.